The van der Waals surface area contributed by atoms with Gasteiger partial charge in [0.05, 0.1) is 15.9 Å². The molecule has 23 heavy (non-hydrogen) atoms. The van der Waals surface area contributed by atoms with Crippen LogP contribution in [0.25, 0.3) is 26.5 Å². The highest BCUT2D eigenvalue weighted by Gasteiger charge is 2.14. The zero-order valence-electron chi connectivity index (χ0n) is 13.2. The number of rotatable bonds is 2. The highest BCUT2D eigenvalue weighted by atomic mass is 32.1. The van der Waals surface area contributed by atoms with Gasteiger partial charge in [0, 0.05) is 10.6 Å². The van der Waals surface area contributed by atoms with Crippen molar-refractivity contribution in [2.24, 2.45) is 0 Å². The fraction of sp³-hybridized carbons (Fsp3) is 0.167. The summed E-state index contributed by atoms with van der Waals surface area (Å²) in [7, 11) is 0. The number of nitrogens with zero attached hydrogens (tertiary/aromatic N) is 4. The zero-order chi connectivity index (χ0) is 16.0. The van der Waals surface area contributed by atoms with Gasteiger partial charge in [-0.2, -0.15) is 5.10 Å². The van der Waals surface area contributed by atoms with Crippen molar-refractivity contribution < 1.29 is 0 Å². The Kier molecular flexibility index (Phi) is 3.23. The van der Waals surface area contributed by atoms with E-state index in [1.807, 2.05) is 18.5 Å². The Balaban J connectivity index is 1.93. The average Bonchev–Trinajstić information content (AvgIpc) is 3.10. The number of fused-ring (bicyclic) bond motifs is 1. The predicted molar refractivity (Wildman–Crippen MR) is 94.2 cm³/mol. The largest absolute Gasteiger partial charge is 0.235 e. The Morgan fingerprint density at radius 1 is 1.00 bits per heavy atom. The maximum absolute atomic E-state index is 4.56. The third kappa shape index (κ3) is 2.43. The van der Waals surface area contributed by atoms with Crippen molar-refractivity contribution in [3.63, 3.8) is 0 Å². The molecular weight excluding hydrogens is 304 g/mol. The normalized spacial score (nSPS) is 11.3. The summed E-state index contributed by atoms with van der Waals surface area (Å²) in [6.45, 7) is 6.15. The van der Waals surface area contributed by atoms with E-state index in [4.69, 9.17) is 0 Å². The first-order valence-electron chi connectivity index (χ1n) is 7.47. The summed E-state index contributed by atoms with van der Waals surface area (Å²) in [5, 5.41) is 4.56. The van der Waals surface area contributed by atoms with Gasteiger partial charge in [-0.3, -0.25) is 0 Å². The van der Waals surface area contributed by atoms with Gasteiger partial charge in [-0.05, 0) is 38.5 Å². The molecule has 4 aromatic rings. The molecule has 0 aliphatic rings. The van der Waals surface area contributed by atoms with Crippen molar-refractivity contribution in [3.8, 4) is 16.3 Å². The molecule has 0 radical (unpaired) electrons. The number of benzene rings is 1. The van der Waals surface area contributed by atoms with E-state index in [1.54, 1.807) is 17.7 Å². The molecule has 0 N–H and O–H groups in total. The van der Waals surface area contributed by atoms with Gasteiger partial charge in [0.15, 0.2) is 5.82 Å². The standard InChI is InChI=1S/C18H16N4S/c1-11-5-4-6-14(7-11)16-9-15-17(23-16)18(20-10-19-15)22-13(3)8-12(2)21-22/h4-10H,1-3H3. The van der Waals surface area contributed by atoms with Crippen LogP contribution in [0, 0.1) is 20.8 Å². The summed E-state index contributed by atoms with van der Waals surface area (Å²) in [6, 6.07) is 12.7. The molecule has 3 heterocycles. The Morgan fingerprint density at radius 2 is 1.87 bits per heavy atom. The quantitative estimate of drug-likeness (QED) is 0.547. The molecule has 114 valence electrons. The number of thiophene rings is 1. The molecule has 1 aromatic carbocycles. The number of aryl methyl sites for hydroxylation is 3. The number of hydrogen-bond donors (Lipinski definition) is 0. The van der Waals surface area contributed by atoms with Crippen LogP contribution in [0.15, 0.2) is 42.7 Å². The van der Waals surface area contributed by atoms with Gasteiger partial charge in [0.2, 0.25) is 0 Å². The first kappa shape index (κ1) is 14.1. The topological polar surface area (TPSA) is 43.6 Å². The second kappa shape index (κ2) is 5.28. The van der Waals surface area contributed by atoms with Gasteiger partial charge in [0.1, 0.15) is 6.33 Å². The van der Waals surface area contributed by atoms with E-state index in [2.05, 4.69) is 58.4 Å². The van der Waals surface area contributed by atoms with Gasteiger partial charge in [-0.1, -0.05) is 29.8 Å². The van der Waals surface area contributed by atoms with E-state index in [0.29, 0.717) is 0 Å². The minimum absolute atomic E-state index is 0.851. The SMILES string of the molecule is Cc1cccc(-c2cc3ncnc(-n4nc(C)cc4C)c3s2)c1. The second-order valence-electron chi connectivity index (χ2n) is 5.73. The van der Waals surface area contributed by atoms with E-state index < -0.39 is 0 Å². The summed E-state index contributed by atoms with van der Waals surface area (Å²) in [5.74, 6) is 0.851. The van der Waals surface area contributed by atoms with Crippen molar-refractivity contribution >= 4 is 21.6 Å². The molecule has 3 aromatic heterocycles. The van der Waals surface area contributed by atoms with Crippen LogP contribution in [0.4, 0.5) is 0 Å². The molecule has 0 aliphatic heterocycles. The minimum atomic E-state index is 0.851. The lowest BCUT2D eigenvalue weighted by Gasteiger charge is -2.03. The molecule has 0 atom stereocenters. The Morgan fingerprint density at radius 3 is 2.61 bits per heavy atom. The molecule has 0 unspecified atom stereocenters. The molecule has 4 nitrogen and oxygen atoms in total. The molecule has 4 rings (SSSR count). The molecule has 0 saturated heterocycles. The van der Waals surface area contributed by atoms with E-state index in [1.165, 1.54) is 16.0 Å². The summed E-state index contributed by atoms with van der Waals surface area (Å²) in [5.41, 5.74) is 5.50. The number of aromatic nitrogens is 4. The van der Waals surface area contributed by atoms with Crippen molar-refractivity contribution in [2.75, 3.05) is 0 Å². The van der Waals surface area contributed by atoms with Crippen LogP contribution >= 0.6 is 11.3 Å². The average molecular weight is 320 g/mol. The van der Waals surface area contributed by atoms with Crippen LogP contribution in [0.1, 0.15) is 17.0 Å². The fourth-order valence-electron chi connectivity index (χ4n) is 2.78. The molecule has 0 saturated carbocycles. The van der Waals surface area contributed by atoms with Gasteiger partial charge in [-0.15, -0.1) is 11.3 Å². The molecule has 0 amide bonds. The van der Waals surface area contributed by atoms with Gasteiger partial charge >= 0.3 is 0 Å². The molecule has 0 aliphatic carbocycles. The monoisotopic (exact) mass is 320 g/mol. The lowest BCUT2D eigenvalue weighted by molar-refractivity contribution is 0.811. The maximum atomic E-state index is 4.56. The first-order chi connectivity index (χ1) is 11.1. The van der Waals surface area contributed by atoms with Crippen molar-refractivity contribution in [2.45, 2.75) is 20.8 Å². The lowest BCUT2D eigenvalue weighted by atomic mass is 10.1. The van der Waals surface area contributed by atoms with Crippen LogP contribution in [0.3, 0.4) is 0 Å². The third-order valence-corrected chi connectivity index (χ3v) is 4.97. The fourth-order valence-corrected chi connectivity index (χ4v) is 3.86. The minimum Gasteiger partial charge on any atom is -0.235 e. The summed E-state index contributed by atoms with van der Waals surface area (Å²) in [6.07, 6.45) is 1.61. The van der Waals surface area contributed by atoms with E-state index in [-0.39, 0.29) is 0 Å². The Bertz CT molecular complexity index is 1010. The first-order valence-corrected chi connectivity index (χ1v) is 8.29. The van der Waals surface area contributed by atoms with Gasteiger partial charge < -0.3 is 0 Å². The van der Waals surface area contributed by atoms with E-state index in [0.717, 1.165) is 27.4 Å². The van der Waals surface area contributed by atoms with Crippen LogP contribution in [0.2, 0.25) is 0 Å². The van der Waals surface area contributed by atoms with Crippen LogP contribution in [0.5, 0.6) is 0 Å². The second-order valence-corrected chi connectivity index (χ2v) is 6.78. The Hall–Kier alpha value is -2.53. The van der Waals surface area contributed by atoms with Gasteiger partial charge in [-0.25, -0.2) is 14.6 Å². The summed E-state index contributed by atoms with van der Waals surface area (Å²) < 4.78 is 2.96. The van der Waals surface area contributed by atoms with E-state index in [9.17, 15) is 0 Å². The van der Waals surface area contributed by atoms with Crippen LogP contribution < -0.4 is 0 Å². The number of hydrogen-bond acceptors (Lipinski definition) is 4. The van der Waals surface area contributed by atoms with Crippen LogP contribution in [-0.4, -0.2) is 19.7 Å². The predicted octanol–water partition coefficient (Wildman–Crippen LogP) is 4.47. The van der Waals surface area contributed by atoms with Crippen molar-refractivity contribution in [1.82, 2.24) is 19.7 Å². The molecule has 0 spiro atoms. The molecule has 5 heteroatoms. The van der Waals surface area contributed by atoms with Crippen molar-refractivity contribution in [3.05, 3.63) is 59.7 Å². The third-order valence-electron chi connectivity index (χ3n) is 3.81. The zero-order valence-corrected chi connectivity index (χ0v) is 14.1. The van der Waals surface area contributed by atoms with Gasteiger partial charge in [0.25, 0.3) is 0 Å². The van der Waals surface area contributed by atoms with Crippen LogP contribution in [-0.2, 0) is 0 Å². The highest BCUT2D eigenvalue weighted by Crippen LogP contribution is 2.35. The smallest absolute Gasteiger partial charge is 0.174 e. The molecule has 0 bridgehead atoms. The summed E-state index contributed by atoms with van der Waals surface area (Å²) >= 11 is 1.71. The lowest BCUT2D eigenvalue weighted by Crippen LogP contribution is -2.02. The molecular formula is C18H16N4S. The Labute approximate surface area is 138 Å². The highest BCUT2D eigenvalue weighted by molar-refractivity contribution is 7.22. The van der Waals surface area contributed by atoms with Crippen molar-refractivity contribution in [1.29, 1.82) is 0 Å². The maximum Gasteiger partial charge on any atom is 0.174 e. The molecule has 0 fully saturated rings. The summed E-state index contributed by atoms with van der Waals surface area (Å²) in [4.78, 5) is 10.1. The van der Waals surface area contributed by atoms with E-state index >= 15 is 0 Å².